The molecular formula is C22H34N4OS2. The van der Waals surface area contributed by atoms with Crippen LogP contribution in [0.15, 0.2) is 24.4 Å². The standard InChI is InChI=1S/C22H34N4OS2/c1-21(2)14-16(15-22(3,4)26-21)24-20-23-12-11-18(25-20)19-10-9-17(28-19)8-6-7-13-29(5)27/h9-12,16,26H,6-8,13-15H2,1-5H3,(H,23,24,25). The van der Waals surface area contributed by atoms with E-state index in [1.165, 1.54) is 9.75 Å². The molecule has 1 unspecified atom stereocenters. The Bertz CT molecular complexity index is 831. The summed E-state index contributed by atoms with van der Waals surface area (Å²) in [6, 6.07) is 6.67. The summed E-state index contributed by atoms with van der Waals surface area (Å²) in [6.07, 6.45) is 8.83. The molecule has 1 aliphatic heterocycles. The van der Waals surface area contributed by atoms with E-state index >= 15 is 0 Å². The largest absolute Gasteiger partial charge is 0.351 e. The molecule has 7 heteroatoms. The van der Waals surface area contributed by atoms with E-state index < -0.39 is 10.8 Å². The lowest BCUT2D eigenvalue weighted by Crippen LogP contribution is -2.60. The van der Waals surface area contributed by atoms with Crippen LogP contribution < -0.4 is 10.6 Å². The first kappa shape index (κ1) is 22.4. The fourth-order valence-electron chi connectivity index (χ4n) is 4.43. The van der Waals surface area contributed by atoms with Crippen molar-refractivity contribution in [3.63, 3.8) is 0 Å². The molecule has 0 bridgehead atoms. The van der Waals surface area contributed by atoms with Crippen LogP contribution in [-0.4, -0.2) is 43.3 Å². The molecule has 0 spiro atoms. The van der Waals surface area contributed by atoms with Gasteiger partial charge in [-0.05, 0) is 78.0 Å². The van der Waals surface area contributed by atoms with Crippen molar-refractivity contribution in [3.05, 3.63) is 29.3 Å². The number of hydrogen-bond donors (Lipinski definition) is 2. The Labute approximate surface area is 181 Å². The van der Waals surface area contributed by atoms with Crippen molar-refractivity contribution < 1.29 is 4.21 Å². The van der Waals surface area contributed by atoms with Crippen molar-refractivity contribution in [2.75, 3.05) is 17.3 Å². The Morgan fingerprint density at radius 3 is 2.59 bits per heavy atom. The second-order valence-electron chi connectivity index (χ2n) is 9.41. The predicted octanol–water partition coefficient (Wildman–Crippen LogP) is 4.63. The molecule has 2 aromatic rings. The quantitative estimate of drug-likeness (QED) is 0.593. The smallest absolute Gasteiger partial charge is 0.223 e. The molecule has 0 amide bonds. The van der Waals surface area contributed by atoms with Crippen molar-refractivity contribution in [1.82, 2.24) is 15.3 Å². The Balaban J connectivity index is 1.63. The number of thiophene rings is 1. The van der Waals surface area contributed by atoms with E-state index in [2.05, 4.69) is 55.4 Å². The van der Waals surface area contributed by atoms with Crippen LogP contribution >= 0.6 is 11.3 Å². The number of piperidine rings is 1. The molecule has 1 aliphatic rings. The second kappa shape index (κ2) is 9.23. The Morgan fingerprint density at radius 2 is 1.90 bits per heavy atom. The third kappa shape index (κ3) is 6.86. The zero-order valence-electron chi connectivity index (χ0n) is 18.2. The van der Waals surface area contributed by atoms with Crippen LogP contribution in [0.3, 0.4) is 0 Å². The van der Waals surface area contributed by atoms with E-state index in [9.17, 15) is 4.21 Å². The van der Waals surface area contributed by atoms with Crippen molar-refractivity contribution in [2.45, 2.75) is 76.9 Å². The fourth-order valence-corrected chi connectivity index (χ4v) is 6.06. The maximum absolute atomic E-state index is 11.2. The fraction of sp³-hybridized carbons (Fsp3) is 0.636. The zero-order chi connectivity index (χ0) is 21.1. The highest BCUT2D eigenvalue weighted by atomic mass is 32.2. The summed E-state index contributed by atoms with van der Waals surface area (Å²) in [5.41, 5.74) is 1.15. The molecule has 160 valence electrons. The highest BCUT2D eigenvalue weighted by Crippen LogP contribution is 2.31. The minimum Gasteiger partial charge on any atom is -0.351 e. The molecule has 1 saturated heterocycles. The average molecular weight is 435 g/mol. The van der Waals surface area contributed by atoms with Crippen LogP contribution in [0, 0.1) is 0 Å². The van der Waals surface area contributed by atoms with Crippen molar-refractivity contribution >= 4 is 28.1 Å². The highest BCUT2D eigenvalue weighted by molar-refractivity contribution is 7.84. The summed E-state index contributed by atoms with van der Waals surface area (Å²) in [5.74, 6) is 1.50. The molecule has 1 fully saturated rings. The lowest BCUT2D eigenvalue weighted by atomic mass is 9.80. The van der Waals surface area contributed by atoms with Gasteiger partial charge in [-0.15, -0.1) is 11.3 Å². The van der Waals surface area contributed by atoms with E-state index in [1.54, 1.807) is 17.6 Å². The minimum atomic E-state index is -0.688. The van der Waals surface area contributed by atoms with E-state index in [0.717, 1.165) is 43.6 Å². The molecule has 5 nitrogen and oxygen atoms in total. The summed E-state index contributed by atoms with van der Waals surface area (Å²) >= 11 is 1.80. The van der Waals surface area contributed by atoms with Gasteiger partial charge in [0.2, 0.25) is 5.95 Å². The molecule has 0 aliphatic carbocycles. The monoisotopic (exact) mass is 434 g/mol. The number of aromatic nitrogens is 2. The normalized spacial score (nSPS) is 19.8. The summed E-state index contributed by atoms with van der Waals surface area (Å²) in [4.78, 5) is 11.8. The average Bonchev–Trinajstić information content (AvgIpc) is 3.05. The molecule has 29 heavy (non-hydrogen) atoms. The Hall–Kier alpha value is -1.31. The summed E-state index contributed by atoms with van der Waals surface area (Å²) in [5, 5.41) is 7.29. The maximum Gasteiger partial charge on any atom is 0.223 e. The van der Waals surface area contributed by atoms with E-state index in [1.807, 2.05) is 12.3 Å². The van der Waals surface area contributed by atoms with Crippen LogP contribution in [-0.2, 0) is 17.2 Å². The number of nitrogens with one attached hydrogen (secondary N) is 2. The van der Waals surface area contributed by atoms with Gasteiger partial charge in [0.25, 0.3) is 0 Å². The van der Waals surface area contributed by atoms with Gasteiger partial charge in [0.1, 0.15) is 0 Å². The van der Waals surface area contributed by atoms with Crippen molar-refractivity contribution in [3.8, 4) is 10.6 Å². The van der Waals surface area contributed by atoms with Gasteiger partial charge >= 0.3 is 0 Å². The van der Waals surface area contributed by atoms with Gasteiger partial charge in [-0.1, -0.05) is 0 Å². The molecule has 3 rings (SSSR count). The second-order valence-corrected chi connectivity index (χ2v) is 12.1. The van der Waals surface area contributed by atoms with Crippen LogP contribution in [0.1, 0.15) is 58.3 Å². The van der Waals surface area contributed by atoms with Crippen LogP contribution in [0.4, 0.5) is 5.95 Å². The number of nitrogens with zero attached hydrogens (tertiary/aromatic N) is 2. The first-order chi connectivity index (χ1) is 13.6. The molecule has 2 N–H and O–H groups in total. The predicted molar refractivity (Wildman–Crippen MR) is 125 cm³/mol. The van der Waals surface area contributed by atoms with Gasteiger partial charge in [-0.2, -0.15) is 0 Å². The van der Waals surface area contributed by atoms with E-state index in [4.69, 9.17) is 4.98 Å². The minimum absolute atomic E-state index is 0.0874. The molecule has 0 saturated carbocycles. The summed E-state index contributed by atoms with van der Waals surface area (Å²) < 4.78 is 11.2. The van der Waals surface area contributed by atoms with E-state index in [-0.39, 0.29) is 11.1 Å². The van der Waals surface area contributed by atoms with Gasteiger partial charge in [-0.3, -0.25) is 4.21 Å². The van der Waals surface area contributed by atoms with Gasteiger partial charge < -0.3 is 10.6 Å². The number of unbranched alkanes of at least 4 members (excludes halogenated alkanes) is 1. The lowest BCUT2D eigenvalue weighted by molar-refractivity contribution is 0.170. The number of hydrogen-bond acceptors (Lipinski definition) is 6. The Morgan fingerprint density at radius 1 is 1.17 bits per heavy atom. The number of anilines is 1. The SMILES string of the molecule is CS(=O)CCCCc1ccc(-c2ccnc(NC3CC(C)(C)NC(C)(C)C3)n2)s1. The Kier molecular flexibility index (Phi) is 7.12. The summed E-state index contributed by atoms with van der Waals surface area (Å²) in [6.45, 7) is 9.02. The van der Waals surface area contributed by atoms with Gasteiger partial charge in [0, 0.05) is 51.0 Å². The molecular weight excluding hydrogens is 400 g/mol. The molecule has 0 aromatic carbocycles. The number of aryl methyl sites for hydroxylation is 1. The van der Waals surface area contributed by atoms with Crippen LogP contribution in [0.5, 0.6) is 0 Å². The van der Waals surface area contributed by atoms with Crippen LogP contribution in [0.25, 0.3) is 10.6 Å². The topological polar surface area (TPSA) is 66.9 Å². The van der Waals surface area contributed by atoms with Gasteiger partial charge in [-0.25, -0.2) is 9.97 Å². The highest BCUT2D eigenvalue weighted by Gasteiger charge is 2.37. The van der Waals surface area contributed by atoms with Gasteiger partial charge in [0.15, 0.2) is 0 Å². The first-order valence-electron chi connectivity index (χ1n) is 10.4. The molecule has 1 atom stereocenters. The van der Waals surface area contributed by atoms with Gasteiger partial charge in [0.05, 0.1) is 10.6 Å². The first-order valence-corrected chi connectivity index (χ1v) is 12.9. The number of rotatable bonds is 8. The van der Waals surface area contributed by atoms with Crippen molar-refractivity contribution in [2.24, 2.45) is 0 Å². The van der Waals surface area contributed by atoms with Crippen molar-refractivity contribution in [1.29, 1.82) is 0 Å². The van der Waals surface area contributed by atoms with E-state index in [0.29, 0.717) is 12.0 Å². The molecule has 3 heterocycles. The summed E-state index contributed by atoms with van der Waals surface area (Å²) in [7, 11) is -0.688. The molecule has 2 aromatic heterocycles. The third-order valence-electron chi connectivity index (χ3n) is 5.20. The van der Waals surface area contributed by atoms with Crippen LogP contribution in [0.2, 0.25) is 0 Å². The lowest BCUT2D eigenvalue weighted by Gasteiger charge is -2.46. The zero-order valence-corrected chi connectivity index (χ0v) is 19.9. The molecule has 0 radical (unpaired) electrons. The maximum atomic E-state index is 11.2. The third-order valence-corrected chi connectivity index (χ3v) is 7.23.